The van der Waals surface area contributed by atoms with Crippen LogP contribution in [0.4, 0.5) is 5.69 Å². The van der Waals surface area contributed by atoms with Crippen molar-refractivity contribution in [2.24, 2.45) is 0 Å². The average Bonchev–Trinajstić information content (AvgIpc) is 3.26. The van der Waals surface area contributed by atoms with Gasteiger partial charge in [0, 0.05) is 36.3 Å². The Bertz CT molecular complexity index is 855. The highest BCUT2D eigenvalue weighted by molar-refractivity contribution is 5.98. The molecule has 3 rings (SSSR count). The van der Waals surface area contributed by atoms with E-state index in [1.165, 1.54) is 0 Å². The van der Waals surface area contributed by atoms with Gasteiger partial charge in [-0.2, -0.15) is 0 Å². The third kappa shape index (κ3) is 4.97. The van der Waals surface area contributed by atoms with Crippen molar-refractivity contribution in [1.82, 2.24) is 4.90 Å². The smallest absolute Gasteiger partial charge is 0.262 e. The van der Waals surface area contributed by atoms with E-state index in [1.54, 1.807) is 48.5 Å². The molecule has 0 atom stereocenters. The van der Waals surface area contributed by atoms with Crippen molar-refractivity contribution in [1.29, 1.82) is 0 Å². The standard InChI is InChI=1S/C22H24N2O4/c1-2-20(25)16-8-10-19(11-9-16)28-15-21(26)23-18-7-5-6-17(14-18)22(27)24-12-3-4-13-24/h5-11,14H,2-4,12-13,15H2,1H3,(H,23,26). The van der Waals surface area contributed by atoms with Crippen molar-refractivity contribution < 1.29 is 19.1 Å². The van der Waals surface area contributed by atoms with Crippen molar-refractivity contribution in [2.75, 3.05) is 25.0 Å². The van der Waals surface area contributed by atoms with Gasteiger partial charge >= 0.3 is 0 Å². The maximum absolute atomic E-state index is 12.5. The summed E-state index contributed by atoms with van der Waals surface area (Å²) in [6, 6.07) is 13.7. The molecule has 0 unspecified atom stereocenters. The Morgan fingerprint density at radius 3 is 2.39 bits per heavy atom. The minimum Gasteiger partial charge on any atom is -0.484 e. The Kier molecular flexibility index (Phi) is 6.42. The SMILES string of the molecule is CCC(=O)c1ccc(OCC(=O)Nc2cccc(C(=O)N3CCCC3)c2)cc1. The van der Waals surface area contributed by atoms with Crippen molar-refractivity contribution in [2.45, 2.75) is 26.2 Å². The van der Waals surface area contributed by atoms with Crippen molar-refractivity contribution in [3.8, 4) is 5.75 Å². The molecule has 0 spiro atoms. The molecule has 0 saturated carbocycles. The van der Waals surface area contributed by atoms with Crippen LogP contribution in [0.5, 0.6) is 5.75 Å². The molecule has 146 valence electrons. The fraction of sp³-hybridized carbons (Fsp3) is 0.318. The third-order valence-corrected chi connectivity index (χ3v) is 4.65. The molecule has 6 nitrogen and oxygen atoms in total. The Labute approximate surface area is 164 Å². The zero-order valence-corrected chi connectivity index (χ0v) is 15.9. The number of hydrogen-bond donors (Lipinski definition) is 1. The molecule has 1 heterocycles. The molecule has 2 aromatic carbocycles. The molecular formula is C22H24N2O4. The normalized spacial score (nSPS) is 13.2. The average molecular weight is 380 g/mol. The van der Waals surface area contributed by atoms with Crippen LogP contribution in [0.25, 0.3) is 0 Å². The second-order valence-corrected chi connectivity index (χ2v) is 6.72. The van der Waals surface area contributed by atoms with E-state index in [0.717, 1.165) is 25.9 Å². The van der Waals surface area contributed by atoms with E-state index in [2.05, 4.69) is 5.32 Å². The minimum absolute atomic E-state index is 0.00781. The van der Waals surface area contributed by atoms with E-state index in [9.17, 15) is 14.4 Å². The fourth-order valence-electron chi connectivity index (χ4n) is 3.12. The van der Waals surface area contributed by atoms with Gasteiger partial charge in [0.1, 0.15) is 5.75 Å². The van der Waals surface area contributed by atoms with E-state index in [0.29, 0.717) is 29.0 Å². The van der Waals surface area contributed by atoms with Gasteiger partial charge in [0.2, 0.25) is 0 Å². The van der Waals surface area contributed by atoms with Gasteiger partial charge in [-0.3, -0.25) is 14.4 Å². The Balaban J connectivity index is 1.54. The summed E-state index contributed by atoms with van der Waals surface area (Å²) in [5.41, 5.74) is 1.75. The summed E-state index contributed by atoms with van der Waals surface area (Å²) >= 11 is 0. The largest absolute Gasteiger partial charge is 0.484 e. The summed E-state index contributed by atoms with van der Waals surface area (Å²) in [6.07, 6.45) is 2.52. The van der Waals surface area contributed by atoms with Gasteiger partial charge in [0.25, 0.3) is 11.8 Å². The van der Waals surface area contributed by atoms with E-state index in [4.69, 9.17) is 4.74 Å². The molecule has 1 fully saturated rings. The molecule has 1 aliphatic heterocycles. The number of nitrogens with one attached hydrogen (secondary N) is 1. The number of Topliss-reactive ketones (excluding diaryl/α,β-unsaturated/α-hetero) is 1. The monoisotopic (exact) mass is 380 g/mol. The molecule has 0 aromatic heterocycles. The molecule has 1 saturated heterocycles. The summed E-state index contributed by atoms with van der Waals surface area (Å²) in [6.45, 7) is 3.22. The van der Waals surface area contributed by atoms with Crippen LogP contribution in [-0.2, 0) is 4.79 Å². The first kappa shape index (κ1) is 19.6. The quantitative estimate of drug-likeness (QED) is 0.746. The second kappa shape index (κ2) is 9.17. The van der Waals surface area contributed by atoms with E-state index < -0.39 is 0 Å². The van der Waals surface area contributed by atoms with E-state index in [-0.39, 0.29) is 24.2 Å². The third-order valence-electron chi connectivity index (χ3n) is 4.65. The van der Waals surface area contributed by atoms with Crippen LogP contribution in [0.1, 0.15) is 46.9 Å². The minimum atomic E-state index is -0.320. The van der Waals surface area contributed by atoms with Crippen LogP contribution in [0.3, 0.4) is 0 Å². The van der Waals surface area contributed by atoms with Gasteiger partial charge in [-0.05, 0) is 55.3 Å². The number of anilines is 1. The first-order chi connectivity index (χ1) is 13.6. The van der Waals surface area contributed by atoms with Crippen molar-refractivity contribution >= 4 is 23.3 Å². The molecular weight excluding hydrogens is 356 g/mol. The predicted octanol–water partition coefficient (Wildman–Crippen LogP) is 3.53. The maximum Gasteiger partial charge on any atom is 0.262 e. The van der Waals surface area contributed by atoms with E-state index in [1.807, 2.05) is 11.8 Å². The van der Waals surface area contributed by atoms with Crippen LogP contribution in [0.15, 0.2) is 48.5 Å². The van der Waals surface area contributed by atoms with Gasteiger partial charge in [-0.1, -0.05) is 13.0 Å². The highest BCUT2D eigenvalue weighted by Gasteiger charge is 2.19. The van der Waals surface area contributed by atoms with Gasteiger partial charge in [-0.25, -0.2) is 0 Å². The summed E-state index contributed by atoms with van der Waals surface area (Å²) in [5, 5.41) is 2.75. The predicted molar refractivity (Wildman–Crippen MR) is 107 cm³/mol. The van der Waals surface area contributed by atoms with Crippen LogP contribution >= 0.6 is 0 Å². The topological polar surface area (TPSA) is 75.7 Å². The first-order valence-corrected chi connectivity index (χ1v) is 9.52. The summed E-state index contributed by atoms with van der Waals surface area (Å²) in [4.78, 5) is 38.1. The molecule has 1 N–H and O–H groups in total. The van der Waals surface area contributed by atoms with Crippen molar-refractivity contribution in [3.05, 3.63) is 59.7 Å². The number of carbonyl (C=O) groups is 3. The number of rotatable bonds is 7. The van der Waals surface area contributed by atoms with Gasteiger partial charge in [0.05, 0.1) is 0 Å². The fourth-order valence-corrected chi connectivity index (χ4v) is 3.12. The lowest BCUT2D eigenvalue weighted by Crippen LogP contribution is -2.27. The number of likely N-dealkylation sites (tertiary alicyclic amines) is 1. The molecule has 1 aliphatic rings. The van der Waals surface area contributed by atoms with Crippen LogP contribution in [0.2, 0.25) is 0 Å². The number of benzene rings is 2. The lowest BCUT2D eigenvalue weighted by molar-refractivity contribution is -0.118. The zero-order chi connectivity index (χ0) is 19.9. The molecule has 2 amide bonds. The van der Waals surface area contributed by atoms with Crippen LogP contribution in [0, 0.1) is 0 Å². The van der Waals surface area contributed by atoms with Crippen molar-refractivity contribution in [3.63, 3.8) is 0 Å². The molecule has 0 radical (unpaired) electrons. The van der Waals surface area contributed by atoms with Gasteiger partial charge in [-0.15, -0.1) is 0 Å². The van der Waals surface area contributed by atoms with Gasteiger partial charge in [0.15, 0.2) is 12.4 Å². The zero-order valence-electron chi connectivity index (χ0n) is 15.9. The number of amides is 2. The Morgan fingerprint density at radius 1 is 1.00 bits per heavy atom. The van der Waals surface area contributed by atoms with Gasteiger partial charge < -0.3 is 15.0 Å². The molecule has 2 aromatic rings. The number of nitrogens with zero attached hydrogens (tertiary/aromatic N) is 1. The molecule has 28 heavy (non-hydrogen) atoms. The summed E-state index contributed by atoms with van der Waals surface area (Å²) in [5.74, 6) is 0.250. The Morgan fingerprint density at radius 2 is 1.71 bits per heavy atom. The maximum atomic E-state index is 12.5. The lowest BCUT2D eigenvalue weighted by Gasteiger charge is -2.16. The highest BCUT2D eigenvalue weighted by atomic mass is 16.5. The summed E-state index contributed by atoms with van der Waals surface area (Å²) < 4.78 is 5.47. The number of ether oxygens (including phenoxy) is 1. The number of hydrogen-bond acceptors (Lipinski definition) is 4. The lowest BCUT2D eigenvalue weighted by atomic mass is 10.1. The molecule has 0 bridgehead atoms. The second-order valence-electron chi connectivity index (χ2n) is 6.72. The number of carbonyl (C=O) groups excluding carboxylic acids is 3. The Hall–Kier alpha value is -3.15. The molecule has 0 aliphatic carbocycles. The van der Waals surface area contributed by atoms with Crippen LogP contribution < -0.4 is 10.1 Å². The first-order valence-electron chi connectivity index (χ1n) is 9.52. The molecule has 6 heteroatoms. The van der Waals surface area contributed by atoms with Crippen LogP contribution in [-0.4, -0.2) is 42.2 Å². The summed E-state index contributed by atoms with van der Waals surface area (Å²) in [7, 11) is 0. The van der Waals surface area contributed by atoms with E-state index >= 15 is 0 Å². The highest BCUT2D eigenvalue weighted by Crippen LogP contribution is 2.17. The number of ketones is 1.